The molecule has 3 aromatic rings. The number of nitrogens with one attached hydrogen (secondary N) is 1. The maximum Gasteiger partial charge on any atom is 0.275 e. The molecule has 9 nitrogen and oxygen atoms in total. The van der Waals surface area contributed by atoms with Gasteiger partial charge >= 0.3 is 0 Å². The van der Waals surface area contributed by atoms with Crippen molar-refractivity contribution in [1.82, 2.24) is 20.2 Å². The van der Waals surface area contributed by atoms with Crippen molar-refractivity contribution in [3.05, 3.63) is 77.6 Å². The summed E-state index contributed by atoms with van der Waals surface area (Å²) in [5.74, 6) is -0.421. The third kappa shape index (κ3) is 6.72. The average molecular weight is 511 g/mol. The molecule has 0 saturated heterocycles. The van der Waals surface area contributed by atoms with Crippen molar-refractivity contribution < 1.29 is 28.2 Å². The van der Waals surface area contributed by atoms with Crippen molar-refractivity contribution in [2.45, 2.75) is 38.9 Å². The second kappa shape index (κ2) is 11.7. The fourth-order valence-corrected chi connectivity index (χ4v) is 3.79. The first-order valence-corrected chi connectivity index (χ1v) is 11.5. The minimum absolute atomic E-state index is 0.0193. The van der Waals surface area contributed by atoms with Crippen molar-refractivity contribution in [1.29, 1.82) is 0 Å². The number of carbonyl (C=O) groups is 2. The molecule has 10 heteroatoms. The van der Waals surface area contributed by atoms with Gasteiger partial charge < -0.3 is 24.4 Å². The SMILES string of the molecule is COc1cc(C(C(=O)NC(C)(C)C)N(Cc2ccc(F)cc2)C(=O)c2cnccn2)cc(OC)c1OC. The van der Waals surface area contributed by atoms with Gasteiger partial charge in [-0.2, -0.15) is 0 Å². The molecular weight excluding hydrogens is 479 g/mol. The van der Waals surface area contributed by atoms with Crippen LogP contribution in [0.4, 0.5) is 4.39 Å². The third-order valence-corrected chi connectivity index (χ3v) is 5.37. The molecule has 0 aliphatic carbocycles. The number of aromatic nitrogens is 2. The van der Waals surface area contributed by atoms with Gasteiger partial charge in [-0.15, -0.1) is 0 Å². The van der Waals surface area contributed by atoms with E-state index in [2.05, 4.69) is 15.3 Å². The van der Waals surface area contributed by atoms with E-state index in [4.69, 9.17) is 14.2 Å². The summed E-state index contributed by atoms with van der Waals surface area (Å²) in [7, 11) is 4.40. The van der Waals surface area contributed by atoms with Gasteiger partial charge in [0.25, 0.3) is 5.91 Å². The Morgan fingerprint density at radius 3 is 2.11 bits per heavy atom. The van der Waals surface area contributed by atoms with Crippen molar-refractivity contribution in [3.8, 4) is 17.2 Å². The van der Waals surface area contributed by atoms with Gasteiger partial charge in [-0.05, 0) is 56.2 Å². The zero-order valence-electron chi connectivity index (χ0n) is 21.7. The summed E-state index contributed by atoms with van der Waals surface area (Å²) in [5.41, 5.74) is 0.466. The number of carbonyl (C=O) groups excluding carboxylic acids is 2. The number of amides is 2. The molecule has 0 aliphatic rings. The Balaban J connectivity index is 2.23. The summed E-state index contributed by atoms with van der Waals surface area (Å²) in [4.78, 5) is 37.1. The zero-order valence-corrected chi connectivity index (χ0v) is 21.7. The Hall–Kier alpha value is -4.21. The predicted octanol–water partition coefficient (Wildman–Crippen LogP) is 3.94. The van der Waals surface area contributed by atoms with Crippen LogP contribution in [0.15, 0.2) is 55.0 Å². The smallest absolute Gasteiger partial charge is 0.275 e. The van der Waals surface area contributed by atoms with Gasteiger partial charge in [-0.3, -0.25) is 14.6 Å². The van der Waals surface area contributed by atoms with E-state index in [1.807, 2.05) is 20.8 Å². The number of ether oxygens (including phenoxy) is 3. The first kappa shape index (κ1) is 27.4. The molecule has 1 atom stereocenters. The van der Waals surface area contributed by atoms with Crippen LogP contribution >= 0.6 is 0 Å². The topological polar surface area (TPSA) is 103 Å². The minimum atomic E-state index is -1.15. The molecule has 2 amide bonds. The first-order chi connectivity index (χ1) is 17.6. The van der Waals surface area contributed by atoms with Gasteiger partial charge in [0.2, 0.25) is 11.7 Å². The number of hydrogen-bond acceptors (Lipinski definition) is 7. The van der Waals surface area contributed by atoms with Crippen LogP contribution in [-0.4, -0.2) is 53.6 Å². The highest BCUT2D eigenvalue weighted by Gasteiger charge is 2.36. The first-order valence-electron chi connectivity index (χ1n) is 11.5. The highest BCUT2D eigenvalue weighted by Crippen LogP contribution is 2.41. The summed E-state index contributed by atoms with van der Waals surface area (Å²) in [6.07, 6.45) is 4.17. The molecule has 37 heavy (non-hydrogen) atoms. The molecular formula is C27H31FN4O5. The van der Waals surface area contributed by atoms with Crippen LogP contribution in [0.1, 0.15) is 48.4 Å². The maximum atomic E-state index is 13.8. The van der Waals surface area contributed by atoms with Gasteiger partial charge in [0.05, 0.1) is 27.5 Å². The van der Waals surface area contributed by atoms with Crippen LogP contribution in [0.2, 0.25) is 0 Å². The van der Waals surface area contributed by atoms with Crippen molar-refractivity contribution >= 4 is 11.8 Å². The molecule has 1 unspecified atom stereocenters. The monoisotopic (exact) mass is 510 g/mol. The Kier molecular flexibility index (Phi) is 8.65. The van der Waals surface area contributed by atoms with E-state index in [0.29, 0.717) is 28.4 Å². The minimum Gasteiger partial charge on any atom is -0.493 e. The van der Waals surface area contributed by atoms with Gasteiger partial charge in [0.1, 0.15) is 17.6 Å². The largest absolute Gasteiger partial charge is 0.493 e. The van der Waals surface area contributed by atoms with Gasteiger partial charge in [0.15, 0.2) is 11.5 Å². The molecule has 0 fully saturated rings. The molecule has 0 radical (unpaired) electrons. The summed E-state index contributed by atoms with van der Waals surface area (Å²) in [6.45, 7) is 5.50. The summed E-state index contributed by atoms with van der Waals surface area (Å²) < 4.78 is 30.1. The standard InChI is InChI=1S/C27H31FN4O5/c1-27(2,3)31-25(33)23(18-13-21(35-4)24(37-6)22(14-18)36-5)32(16-17-7-9-19(28)10-8-17)26(34)20-15-29-11-12-30-20/h7-15,23H,16H2,1-6H3,(H,31,33). The quantitative estimate of drug-likeness (QED) is 0.465. The normalized spacial score (nSPS) is 11.9. The Labute approximate surface area is 215 Å². The molecule has 0 saturated carbocycles. The highest BCUT2D eigenvalue weighted by molar-refractivity contribution is 5.96. The van der Waals surface area contributed by atoms with E-state index >= 15 is 0 Å². The Bertz CT molecular complexity index is 1200. The Morgan fingerprint density at radius 2 is 1.62 bits per heavy atom. The molecule has 0 spiro atoms. The lowest BCUT2D eigenvalue weighted by Crippen LogP contribution is -2.49. The zero-order chi connectivity index (χ0) is 27.2. The molecule has 1 heterocycles. The number of rotatable bonds is 9. The van der Waals surface area contributed by atoms with Crippen LogP contribution in [0, 0.1) is 5.82 Å². The van der Waals surface area contributed by atoms with Crippen LogP contribution in [0.25, 0.3) is 0 Å². The van der Waals surface area contributed by atoms with Gasteiger partial charge in [-0.25, -0.2) is 9.37 Å². The van der Waals surface area contributed by atoms with E-state index in [9.17, 15) is 14.0 Å². The molecule has 196 valence electrons. The van der Waals surface area contributed by atoms with Crippen LogP contribution in [-0.2, 0) is 11.3 Å². The molecule has 2 aromatic carbocycles. The predicted molar refractivity (Wildman–Crippen MR) is 135 cm³/mol. The number of benzene rings is 2. The second-order valence-electron chi connectivity index (χ2n) is 9.25. The van der Waals surface area contributed by atoms with Crippen molar-refractivity contribution in [2.24, 2.45) is 0 Å². The summed E-state index contributed by atoms with van der Waals surface area (Å²) in [5, 5.41) is 2.96. The molecule has 1 aromatic heterocycles. The van der Waals surface area contributed by atoms with E-state index in [0.717, 1.165) is 0 Å². The van der Waals surface area contributed by atoms with E-state index in [1.165, 1.54) is 57.0 Å². The molecule has 3 rings (SSSR count). The van der Waals surface area contributed by atoms with Crippen molar-refractivity contribution in [3.63, 3.8) is 0 Å². The highest BCUT2D eigenvalue weighted by atomic mass is 19.1. The van der Waals surface area contributed by atoms with Gasteiger partial charge in [-0.1, -0.05) is 12.1 Å². The van der Waals surface area contributed by atoms with E-state index in [1.54, 1.807) is 24.3 Å². The fourth-order valence-electron chi connectivity index (χ4n) is 3.79. The molecule has 1 N–H and O–H groups in total. The number of methoxy groups -OCH3 is 3. The number of nitrogens with zero attached hydrogens (tertiary/aromatic N) is 3. The van der Waals surface area contributed by atoms with Gasteiger partial charge in [0, 0.05) is 24.5 Å². The van der Waals surface area contributed by atoms with E-state index < -0.39 is 29.2 Å². The lowest BCUT2D eigenvalue weighted by atomic mass is 9.99. The average Bonchev–Trinajstić information content (AvgIpc) is 2.87. The molecule has 0 aliphatic heterocycles. The summed E-state index contributed by atoms with van der Waals surface area (Å²) >= 11 is 0. The van der Waals surface area contributed by atoms with Crippen LogP contribution < -0.4 is 19.5 Å². The lowest BCUT2D eigenvalue weighted by molar-refractivity contribution is -0.127. The number of hydrogen-bond donors (Lipinski definition) is 1. The molecule has 0 bridgehead atoms. The lowest BCUT2D eigenvalue weighted by Gasteiger charge is -2.34. The van der Waals surface area contributed by atoms with Crippen LogP contribution in [0.5, 0.6) is 17.2 Å². The number of halogens is 1. The third-order valence-electron chi connectivity index (χ3n) is 5.37. The summed E-state index contributed by atoms with van der Waals surface area (Å²) in [6, 6.07) is 7.80. The van der Waals surface area contributed by atoms with Crippen LogP contribution in [0.3, 0.4) is 0 Å². The second-order valence-corrected chi connectivity index (χ2v) is 9.25. The Morgan fingerprint density at radius 1 is 1.00 bits per heavy atom. The van der Waals surface area contributed by atoms with Crippen molar-refractivity contribution in [2.75, 3.05) is 21.3 Å². The fraction of sp³-hybridized carbons (Fsp3) is 0.333. The maximum absolute atomic E-state index is 13.8. The van der Waals surface area contributed by atoms with E-state index in [-0.39, 0.29) is 12.2 Å².